The summed E-state index contributed by atoms with van der Waals surface area (Å²) in [7, 11) is 0. The highest BCUT2D eigenvalue weighted by atomic mass is 19.2. The van der Waals surface area contributed by atoms with E-state index in [4.69, 9.17) is 0 Å². The normalized spacial score (nSPS) is 21.0. The largest absolute Gasteiger partial charge is 0.207 e. The smallest absolute Gasteiger partial charge is 0.166 e. The van der Waals surface area contributed by atoms with Gasteiger partial charge in [-0.05, 0) is 137 Å². The van der Waals surface area contributed by atoms with Gasteiger partial charge in [0.15, 0.2) is 11.6 Å². The first kappa shape index (κ1) is 50.5. The number of hydrogen-bond acceptors (Lipinski definition) is 0. The van der Waals surface area contributed by atoms with Gasteiger partial charge < -0.3 is 0 Å². The fourth-order valence-corrected chi connectivity index (χ4v) is 6.91. The minimum atomic E-state index is -0.937. The van der Waals surface area contributed by atoms with E-state index < -0.39 is 17.5 Å². The summed E-state index contributed by atoms with van der Waals surface area (Å²) >= 11 is 0. The van der Waals surface area contributed by atoms with E-state index in [0.717, 1.165) is 35.2 Å². The molecule has 0 nitrogen and oxygen atoms in total. The minimum absolute atomic E-state index is 0.0759. The van der Waals surface area contributed by atoms with Crippen molar-refractivity contribution in [1.82, 2.24) is 0 Å². The van der Waals surface area contributed by atoms with E-state index in [-0.39, 0.29) is 16.9 Å². The summed E-state index contributed by atoms with van der Waals surface area (Å²) in [6.45, 7) is 24.9. The van der Waals surface area contributed by atoms with Crippen LogP contribution in [0.25, 0.3) is 11.1 Å². The molecule has 4 aromatic rings. The average Bonchev–Trinajstić information content (AvgIpc) is 3.19. The Kier molecular flexibility index (Phi) is 23.0. The maximum atomic E-state index is 13.7. The molecule has 58 heavy (non-hydrogen) atoms. The van der Waals surface area contributed by atoms with E-state index in [9.17, 15) is 17.6 Å². The van der Waals surface area contributed by atoms with Crippen LogP contribution in [-0.4, -0.2) is 0 Å². The summed E-state index contributed by atoms with van der Waals surface area (Å²) in [5, 5.41) is 0. The predicted octanol–water partition coefficient (Wildman–Crippen LogP) is 17.6. The molecule has 320 valence electrons. The van der Waals surface area contributed by atoms with Crippen LogP contribution < -0.4 is 0 Å². The Labute approximate surface area is 352 Å². The lowest BCUT2D eigenvalue weighted by molar-refractivity contribution is 0.308. The van der Waals surface area contributed by atoms with Crippen molar-refractivity contribution >= 4 is 0 Å². The van der Waals surface area contributed by atoms with Gasteiger partial charge in [0.25, 0.3) is 0 Å². The highest BCUT2D eigenvalue weighted by molar-refractivity contribution is 5.65. The average molecular weight is 801 g/mol. The number of hydrogen-bond donors (Lipinski definition) is 0. The van der Waals surface area contributed by atoms with Crippen molar-refractivity contribution in [2.45, 2.75) is 154 Å². The van der Waals surface area contributed by atoms with Gasteiger partial charge in [-0.15, -0.1) is 0 Å². The number of rotatable bonds is 1. The summed E-state index contributed by atoms with van der Waals surface area (Å²) in [5.41, 5.74) is 7.05. The van der Waals surface area contributed by atoms with Gasteiger partial charge >= 0.3 is 0 Å². The Bertz CT molecular complexity index is 1730. The third kappa shape index (κ3) is 19.9. The van der Waals surface area contributed by atoms with Crippen LogP contribution >= 0.6 is 0 Å². The fraction of sp³-hybridized carbons (Fsp3) is 0.519. The van der Waals surface area contributed by atoms with Crippen molar-refractivity contribution in [2.24, 2.45) is 29.6 Å². The van der Waals surface area contributed by atoms with Crippen LogP contribution in [0.5, 0.6) is 0 Å². The molecule has 0 N–H and O–H groups in total. The Morgan fingerprint density at radius 2 is 0.793 bits per heavy atom. The lowest BCUT2D eigenvalue weighted by atomic mass is 9.84. The quantitative estimate of drug-likeness (QED) is 0.133. The van der Waals surface area contributed by atoms with E-state index in [1.807, 2.05) is 13.0 Å². The summed E-state index contributed by atoms with van der Waals surface area (Å²) in [6, 6.07) is 21.0. The number of benzene rings is 4. The van der Waals surface area contributed by atoms with E-state index in [1.54, 1.807) is 37.6 Å². The van der Waals surface area contributed by atoms with Crippen LogP contribution in [0.3, 0.4) is 0 Å². The van der Waals surface area contributed by atoms with Gasteiger partial charge in [-0.25, -0.2) is 17.6 Å². The highest BCUT2D eigenvalue weighted by Gasteiger charge is 2.15. The molecule has 0 heterocycles. The predicted molar refractivity (Wildman–Crippen MR) is 243 cm³/mol. The molecule has 0 saturated heterocycles. The summed E-state index contributed by atoms with van der Waals surface area (Å²) in [5.74, 6) is 2.66. The molecule has 0 aliphatic heterocycles. The van der Waals surface area contributed by atoms with Crippen molar-refractivity contribution < 1.29 is 17.6 Å². The van der Waals surface area contributed by atoms with Gasteiger partial charge in [0.2, 0.25) is 0 Å². The molecule has 3 aliphatic carbocycles. The minimum Gasteiger partial charge on any atom is -0.207 e. The summed E-state index contributed by atoms with van der Waals surface area (Å²) in [4.78, 5) is 0. The first-order valence-corrected chi connectivity index (χ1v) is 22.0. The first-order chi connectivity index (χ1) is 27.4. The molecule has 4 heteroatoms. The lowest BCUT2D eigenvalue weighted by Gasteiger charge is -2.22. The molecule has 4 aromatic carbocycles. The molecular weight excluding hydrogens is 725 g/mol. The molecule has 2 fully saturated rings. The topological polar surface area (TPSA) is 0 Å². The molecular formula is C54H76F4. The van der Waals surface area contributed by atoms with Crippen molar-refractivity contribution in [3.05, 3.63) is 141 Å². The van der Waals surface area contributed by atoms with Gasteiger partial charge in [-0.3, -0.25) is 0 Å². The van der Waals surface area contributed by atoms with E-state index in [2.05, 4.69) is 85.7 Å². The maximum Gasteiger partial charge on any atom is 0.166 e. The van der Waals surface area contributed by atoms with Gasteiger partial charge in [0, 0.05) is 5.56 Å². The van der Waals surface area contributed by atoms with Gasteiger partial charge in [-0.2, -0.15) is 0 Å². The Morgan fingerprint density at radius 1 is 0.397 bits per heavy atom. The fourth-order valence-electron chi connectivity index (χ4n) is 6.91. The van der Waals surface area contributed by atoms with E-state index in [1.165, 1.54) is 113 Å². The Morgan fingerprint density at radius 3 is 1.16 bits per heavy atom. The second-order valence-corrected chi connectivity index (χ2v) is 18.1. The summed E-state index contributed by atoms with van der Waals surface area (Å²) in [6.07, 6.45) is 18.2. The van der Waals surface area contributed by atoms with Crippen LogP contribution in [0.4, 0.5) is 17.6 Å². The second kappa shape index (κ2) is 26.4. The molecule has 0 radical (unpaired) electrons. The third-order valence-corrected chi connectivity index (χ3v) is 11.8. The molecule has 1 atom stereocenters. The monoisotopic (exact) mass is 801 g/mol. The standard InChI is InChI=1S/C14H11F3.C8H9F.2C8H16.C8H14.C8H10/c1-8-3-5-10(7-12(8)15)11-6-4-9(2)13(16)14(11)17;1-6-3-4-7(2)8(9)5-6;4*1-7-3-5-8(2)6-4-7/h3-7H,1-2H3;3-5H,1-2H3;2*7-8H,3-6H2,1-2H3;3,8H,4-6H2,1-2H3;3-6H,1-2H3. The van der Waals surface area contributed by atoms with Gasteiger partial charge in [0.05, 0.1) is 0 Å². The highest BCUT2D eigenvalue weighted by Crippen LogP contribution is 2.29. The zero-order valence-electron chi connectivity index (χ0n) is 38.2. The maximum absolute atomic E-state index is 13.7. The van der Waals surface area contributed by atoms with Crippen molar-refractivity contribution in [3.8, 4) is 11.1 Å². The van der Waals surface area contributed by atoms with Crippen molar-refractivity contribution in [2.75, 3.05) is 0 Å². The number of allylic oxidation sites excluding steroid dienone is 2. The van der Waals surface area contributed by atoms with Crippen LogP contribution in [0.15, 0.2) is 84.4 Å². The molecule has 7 rings (SSSR count). The molecule has 0 bridgehead atoms. The second-order valence-electron chi connectivity index (χ2n) is 18.1. The van der Waals surface area contributed by atoms with Crippen LogP contribution in [-0.2, 0) is 0 Å². The molecule has 2 saturated carbocycles. The van der Waals surface area contributed by atoms with Crippen molar-refractivity contribution in [1.29, 1.82) is 0 Å². The Hall–Kier alpha value is -3.66. The molecule has 1 unspecified atom stereocenters. The zero-order valence-corrected chi connectivity index (χ0v) is 38.2. The SMILES string of the molecule is CC1=CCC(C)CC1.CC1CCC(C)CC1.CC1CCC(C)CC1.Cc1ccc(-c2ccc(C)c(F)c2F)cc1F.Cc1ccc(C)c(F)c1.Cc1ccc(C)cc1. The van der Waals surface area contributed by atoms with Crippen LogP contribution in [0, 0.1) is 94.4 Å². The van der Waals surface area contributed by atoms with E-state index in [0.29, 0.717) is 16.7 Å². The van der Waals surface area contributed by atoms with E-state index >= 15 is 0 Å². The number of aryl methyl sites for hydroxylation is 6. The zero-order chi connectivity index (χ0) is 43.4. The van der Waals surface area contributed by atoms with Crippen molar-refractivity contribution in [3.63, 3.8) is 0 Å². The first-order valence-electron chi connectivity index (χ1n) is 22.0. The molecule has 0 aromatic heterocycles. The van der Waals surface area contributed by atoms with Crippen LogP contribution in [0.2, 0.25) is 0 Å². The molecule has 0 amide bonds. The summed E-state index contributed by atoms with van der Waals surface area (Å²) < 4.78 is 53.0. The van der Waals surface area contributed by atoms with Gasteiger partial charge in [0.1, 0.15) is 11.6 Å². The van der Waals surface area contributed by atoms with Crippen LogP contribution in [0.1, 0.15) is 146 Å². The molecule has 3 aliphatic rings. The molecule has 0 spiro atoms. The van der Waals surface area contributed by atoms with Gasteiger partial charge in [-0.1, -0.05) is 169 Å². The Balaban J connectivity index is 0.000000248. The number of halogens is 4. The lowest BCUT2D eigenvalue weighted by Crippen LogP contribution is -2.08. The third-order valence-electron chi connectivity index (χ3n) is 11.8.